The lowest BCUT2D eigenvalue weighted by atomic mass is 10.0. The molecule has 144 valence electrons. The largest absolute Gasteiger partial charge is 0.494 e. The number of carbonyl (C=O) groups is 1. The predicted octanol–water partition coefficient (Wildman–Crippen LogP) is 5.55. The fourth-order valence-corrected chi connectivity index (χ4v) is 5.35. The van der Waals surface area contributed by atoms with Crippen LogP contribution in [0.4, 0.5) is 0 Å². The van der Waals surface area contributed by atoms with Crippen molar-refractivity contribution in [1.29, 1.82) is 5.26 Å². The fraction of sp³-hybridized carbons (Fsp3) is 0.211. The Hall–Kier alpha value is -2.04. The molecule has 0 radical (unpaired) electrons. The molecule has 0 aliphatic heterocycles. The normalized spacial score (nSPS) is 11.0. The van der Waals surface area contributed by atoms with Crippen LogP contribution in [0.5, 0.6) is 5.88 Å². The second-order valence-electron chi connectivity index (χ2n) is 6.10. The molecule has 0 amide bonds. The zero-order valence-corrected chi connectivity index (χ0v) is 17.9. The second kappa shape index (κ2) is 7.76. The first-order chi connectivity index (χ1) is 13.2. The number of aromatic hydroxyl groups is 1. The van der Waals surface area contributed by atoms with Crippen molar-refractivity contribution in [3.05, 3.63) is 59.1 Å². The molecule has 0 saturated heterocycles. The number of hydrogen-bond donors (Lipinski definition) is 1. The quantitative estimate of drug-likeness (QED) is 0.523. The number of fused-ring (bicyclic) bond motifs is 1. The molecule has 0 spiro atoms. The summed E-state index contributed by atoms with van der Waals surface area (Å²) in [4.78, 5) is 25.9. The van der Waals surface area contributed by atoms with Gasteiger partial charge in [-0.2, -0.15) is 5.26 Å². The molecule has 2 heterocycles. The number of nitrogens with zero attached hydrogens (tertiary/aromatic N) is 2. The molecule has 3 rings (SSSR count). The van der Waals surface area contributed by atoms with Crippen LogP contribution >= 0.6 is 46.1 Å². The van der Waals surface area contributed by atoms with Gasteiger partial charge in [-0.15, -0.1) is 11.3 Å². The molecule has 0 atom stereocenters. The highest BCUT2D eigenvalue weighted by Crippen LogP contribution is 2.42. The zero-order chi connectivity index (χ0) is 20.7. The number of ketones is 1. The minimum atomic E-state index is -0.631. The topological polar surface area (TPSA) is 83.1 Å². The maximum absolute atomic E-state index is 13.3. The number of halogens is 3. The molecule has 28 heavy (non-hydrogen) atoms. The Bertz CT molecular complexity index is 1240. The lowest BCUT2D eigenvalue weighted by Crippen LogP contribution is -2.26. The van der Waals surface area contributed by atoms with Gasteiger partial charge in [0.1, 0.15) is 11.6 Å². The molecule has 2 aromatic heterocycles. The van der Waals surface area contributed by atoms with Crippen molar-refractivity contribution in [1.82, 2.24) is 4.57 Å². The minimum absolute atomic E-state index is 0.111. The van der Waals surface area contributed by atoms with E-state index < -0.39 is 17.2 Å². The van der Waals surface area contributed by atoms with Crippen LogP contribution in [0.2, 0.25) is 15.1 Å². The summed E-state index contributed by atoms with van der Waals surface area (Å²) in [6.07, 6.45) is 0.535. The van der Waals surface area contributed by atoms with Crippen LogP contribution < -0.4 is 5.56 Å². The predicted molar refractivity (Wildman–Crippen MR) is 112 cm³/mol. The third-order valence-electron chi connectivity index (χ3n) is 4.33. The van der Waals surface area contributed by atoms with Crippen LogP contribution in [-0.2, 0) is 6.54 Å². The molecular formula is C19H13Cl3N2O3S. The Balaban J connectivity index is 2.32. The van der Waals surface area contributed by atoms with E-state index >= 15 is 0 Å². The van der Waals surface area contributed by atoms with Gasteiger partial charge in [-0.3, -0.25) is 14.2 Å². The highest BCUT2D eigenvalue weighted by Gasteiger charge is 2.28. The van der Waals surface area contributed by atoms with E-state index in [1.54, 1.807) is 6.07 Å². The molecule has 9 heteroatoms. The van der Waals surface area contributed by atoms with E-state index in [9.17, 15) is 20.0 Å². The summed E-state index contributed by atoms with van der Waals surface area (Å²) in [6.45, 7) is 3.43. The Kier molecular flexibility index (Phi) is 5.74. The van der Waals surface area contributed by atoms with Gasteiger partial charge in [-0.05, 0) is 31.0 Å². The molecule has 5 nitrogen and oxygen atoms in total. The monoisotopic (exact) mass is 454 g/mol. The van der Waals surface area contributed by atoms with Gasteiger partial charge in [0.05, 0.1) is 20.5 Å². The van der Waals surface area contributed by atoms with Gasteiger partial charge < -0.3 is 5.11 Å². The fourth-order valence-electron chi connectivity index (χ4n) is 3.03. The molecule has 1 aromatic carbocycles. The zero-order valence-electron chi connectivity index (χ0n) is 14.8. The number of pyridine rings is 1. The summed E-state index contributed by atoms with van der Waals surface area (Å²) in [6, 6.07) is 4.99. The first-order valence-electron chi connectivity index (χ1n) is 8.21. The second-order valence-corrected chi connectivity index (χ2v) is 8.38. The van der Waals surface area contributed by atoms with Gasteiger partial charge in [0, 0.05) is 21.7 Å². The average Bonchev–Trinajstić information content (AvgIpc) is 2.95. The van der Waals surface area contributed by atoms with Crippen LogP contribution in [0.1, 0.15) is 39.7 Å². The molecule has 0 unspecified atom stereocenters. The van der Waals surface area contributed by atoms with Crippen LogP contribution in [-0.4, -0.2) is 15.5 Å². The van der Waals surface area contributed by atoms with Gasteiger partial charge in [0.25, 0.3) is 5.56 Å². The summed E-state index contributed by atoms with van der Waals surface area (Å²) < 4.78 is 1.65. The Morgan fingerprint density at radius 2 is 2.00 bits per heavy atom. The van der Waals surface area contributed by atoms with Crippen LogP contribution in [0, 0.1) is 18.3 Å². The maximum Gasteiger partial charge on any atom is 0.271 e. The van der Waals surface area contributed by atoms with Crippen molar-refractivity contribution in [2.75, 3.05) is 0 Å². The van der Waals surface area contributed by atoms with Crippen LogP contribution in [0.25, 0.3) is 10.1 Å². The van der Waals surface area contributed by atoms with E-state index in [1.165, 1.54) is 13.0 Å². The van der Waals surface area contributed by atoms with E-state index in [2.05, 4.69) is 0 Å². The van der Waals surface area contributed by atoms with Crippen molar-refractivity contribution >= 4 is 62.0 Å². The standard InChI is InChI=1S/C19H13Cl3N2O3S/c1-3-4-24-18(26)10(7-23)8(2)13(19(24)27)16(25)17-15(22)14-11(21)5-9(20)6-12(14)28-17/h5-6,27H,3-4H2,1-2H3. The Morgan fingerprint density at radius 1 is 1.32 bits per heavy atom. The molecule has 0 aliphatic rings. The van der Waals surface area contributed by atoms with Gasteiger partial charge in [-0.25, -0.2) is 0 Å². The number of aromatic nitrogens is 1. The van der Waals surface area contributed by atoms with E-state index in [1.807, 2.05) is 13.0 Å². The third-order valence-corrected chi connectivity index (χ3v) is 6.47. The summed E-state index contributed by atoms with van der Waals surface area (Å²) in [7, 11) is 0. The van der Waals surface area contributed by atoms with E-state index in [0.29, 0.717) is 26.6 Å². The van der Waals surface area contributed by atoms with Crippen molar-refractivity contribution in [3.8, 4) is 11.9 Å². The highest BCUT2D eigenvalue weighted by atomic mass is 35.5. The summed E-state index contributed by atoms with van der Waals surface area (Å²) in [5.74, 6) is -1.07. The summed E-state index contributed by atoms with van der Waals surface area (Å²) >= 11 is 19.7. The van der Waals surface area contributed by atoms with E-state index in [4.69, 9.17) is 34.8 Å². The van der Waals surface area contributed by atoms with Crippen molar-refractivity contribution in [2.24, 2.45) is 0 Å². The van der Waals surface area contributed by atoms with Crippen molar-refractivity contribution in [3.63, 3.8) is 0 Å². The van der Waals surface area contributed by atoms with Gasteiger partial charge in [0.2, 0.25) is 11.7 Å². The first-order valence-corrected chi connectivity index (χ1v) is 10.2. The van der Waals surface area contributed by atoms with Gasteiger partial charge in [-0.1, -0.05) is 41.7 Å². The lowest BCUT2D eigenvalue weighted by Gasteiger charge is -2.14. The van der Waals surface area contributed by atoms with Crippen molar-refractivity contribution < 1.29 is 9.90 Å². The highest BCUT2D eigenvalue weighted by molar-refractivity contribution is 7.22. The molecule has 0 aliphatic carbocycles. The molecule has 1 N–H and O–H groups in total. The Morgan fingerprint density at radius 3 is 2.61 bits per heavy atom. The van der Waals surface area contributed by atoms with E-state index in [-0.39, 0.29) is 33.1 Å². The Labute approximate surface area is 179 Å². The number of thiophene rings is 1. The molecule has 0 bridgehead atoms. The molecular weight excluding hydrogens is 443 g/mol. The smallest absolute Gasteiger partial charge is 0.271 e. The summed E-state index contributed by atoms with van der Waals surface area (Å²) in [5, 5.41) is 21.4. The number of nitriles is 1. The average molecular weight is 456 g/mol. The van der Waals surface area contributed by atoms with Crippen LogP contribution in [0.15, 0.2) is 16.9 Å². The van der Waals surface area contributed by atoms with Crippen LogP contribution in [0.3, 0.4) is 0 Å². The minimum Gasteiger partial charge on any atom is -0.494 e. The number of carbonyl (C=O) groups excluding carboxylic acids is 1. The van der Waals surface area contributed by atoms with Gasteiger partial charge in [0.15, 0.2) is 0 Å². The lowest BCUT2D eigenvalue weighted by molar-refractivity contribution is 0.103. The van der Waals surface area contributed by atoms with Crippen molar-refractivity contribution in [2.45, 2.75) is 26.8 Å². The maximum atomic E-state index is 13.3. The molecule has 0 fully saturated rings. The number of benzene rings is 1. The first kappa shape index (κ1) is 20.7. The summed E-state index contributed by atoms with van der Waals surface area (Å²) in [5.41, 5.74) is -0.832. The number of rotatable bonds is 4. The number of hydrogen-bond acceptors (Lipinski definition) is 5. The molecule has 0 saturated carbocycles. The van der Waals surface area contributed by atoms with Gasteiger partial charge >= 0.3 is 0 Å². The van der Waals surface area contributed by atoms with E-state index in [0.717, 1.165) is 15.9 Å². The molecule has 3 aromatic rings. The third kappa shape index (κ3) is 3.19. The SMILES string of the molecule is CCCn1c(O)c(C(=O)c2sc3cc(Cl)cc(Cl)c3c2Cl)c(C)c(C#N)c1=O.